The van der Waals surface area contributed by atoms with E-state index in [1.165, 1.54) is 12.1 Å². The van der Waals surface area contributed by atoms with Gasteiger partial charge in [0.1, 0.15) is 17.7 Å². The highest BCUT2D eigenvalue weighted by Gasteiger charge is 2.25. The van der Waals surface area contributed by atoms with Crippen LogP contribution in [0.4, 0.5) is 4.39 Å². The zero-order valence-electron chi connectivity index (χ0n) is 15.2. The summed E-state index contributed by atoms with van der Waals surface area (Å²) in [6, 6.07) is 6.03. The van der Waals surface area contributed by atoms with Crippen LogP contribution < -0.4 is 4.74 Å². The minimum Gasteiger partial charge on any atom is -0.490 e. The van der Waals surface area contributed by atoms with Crippen molar-refractivity contribution in [1.82, 2.24) is 9.80 Å². The normalized spacial score (nSPS) is 19.3. The predicted octanol–water partition coefficient (Wildman–Crippen LogP) is 2.99. The predicted molar refractivity (Wildman–Crippen MR) is 96.3 cm³/mol. The zero-order valence-corrected chi connectivity index (χ0v) is 15.2. The summed E-state index contributed by atoms with van der Waals surface area (Å²) in [5.74, 6) is 0.681. The third kappa shape index (κ3) is 5.19. The highest BCUT2D eigenvalue weighted by Crippen LogP contribution is 2.20. The molecule has 0 atom stereocenters. The third-order valence-corrected chi connectivity index (χ3v) is 5.18. The van der Waals surface area contributed by atoms with E-state index < -0.39 is 0 Å². The lowest BCUT2D eigenvalue weighted by Crippen LogP contribution is -2.43. The fourth-order valence-electron chi connectivity index (χ4n) is 3.59. The van der Waals surface area contributed by atoms with Crippen molar-refractivity contribution in [3.05, 3.63) is 30.1 Å². The fraction of sp³-hybridized carbons (Fsp3) is 0.600. The Hall–Kier alpha value is -2.11. The first-order chi connectivity index (χ1) is 12.6. The first kappa shape index (κ1) is 18.7. The van der Waals surface area contributed by atoms with Crippen LogP contribution in [0.1, 0.15) is 44.9 Å². The second kappa shape index (κ2) is 9.01. The monoisotopic (exact) mass is 362 g/mol. The van der Waals surface area contributed by atoms with E-state index >= 15 is 0 Å². The Balaban J connectivity index is 1.40. The summed E-state index contributed by atoms with van der Waals surface area (Å²) in [4.78, 5) is 28.2. The maximum atomic E-state index is 12.9. The lowest BCUT2D eigenvalue weighted by molar-refractivity contribution is -0.135. The molecule has 0 radical (unpaired) electrons. The number of piperidine rings is 1. The second-order valence-corrected chi connectivity index (χ2v) is 7.09. The Bertz CT molecular complexity index is 612. The molecular formula is C20H27FN2O3. The summed E-state index contributed by atoms with van der Waals surface area (Å²) in [5, 5.41) is 0. The summed E-state index contributed by atoms with van der Waals surface area (Å²) in [6.45, 7) is 2.64. The standard InChI is InChI=1S/C20H27FN2O3/c21-16-5-7-17(8-6-16)26-18-9-13-23(14-10-18)20(25)11-15-22-12-3-1-2-4-19(22)24/h5-8,18H,1-4,9-15H2. The van der Waals surface area contributed by atoms with Gasteiger partial charge in [-0.25, -0.2) is 4.39 Å². The first-order valence-electron chi connectivity index (χ1n) is 9.59. The number of hydrogen-bond donors (Lipinski definition) is 0. The van der Waals surface area contributed by atoms with Crippen LogP contribution in [0.3, 0.4) is 0 Å². The van der Waals surface area contributed by atoms with Gasteiger partial charge >= 0.3 is 0 Å². The van der Waals surface area contributed by atoms with Crippen molar-refractivity contribution in [2.75, 3.05) is 26.2 Å². The summed E-state index contributed by atoms with van der Waals surface area (Å²) in [6.07, 6.45) is 5.69. The van der Waals surface area contributed by atoms with Crippen LogP contribution in [0.25, 0.3) is 0 Å². The number of halogens is 1. The second-order valence-electron chi connectivity index (χ2n) is 7.09. The van der Waals surface area contributed by atoms with Crippen molar-refractivity contribution >= 4 is 11.8 Å². The minimum absolute atomic E-state index is 0.0525. The van der Waals surface area contributed by atoms with Crippen molar-refractivity contribution in [3.8, 4) is 5.75 Å². The number of carbonyl (C=O) groups excluding carboxylic acids is 2. The number of carbonyl (C=O) groups is 2. The van der Waals surface area contributed by atoms with Crippen LogP contribution in [0.15, 0.2) is 24.3 Å². The molecule has 0 spiro atoms. The maximum Gasteiger partial charge on any atom is 0.224 e. The van der Waals surface area contributed by atoms with Gasteiger partial charge in [0.2, 0.25) is 11.8 Å². The van der Waals surface area contributed by atoms with Gasteiger partial charge in [0.15, 0.2) is 0 Å². The van der Waals surface area contributed by atoms with Crippen LogP contribution in [-0.2, 0) is 9.59 Å². The molecule has 2 saturated heterocycles. The maximum absolute atomic E-state index is 12.9. The average Bonchev–Trinajstić information content (AvgIpc) is 2.86. The summed E-state index contributed by atoms with van der Waals surface area (Å²) >= 11 is 0. The largest absolute Gasteiger partial charge is 0.490 e. The molecule has 0 bridgehead atoms. The van der Waals surface area contributed by atoms with E-state index in [2.05, 4.69) is 0 Å². The molecule has 5 nitrogen and oxygen atoms in total. The van der Waals surface area contributed by atoms with Gasteiger partial charge in [-0.1, -0.05) is 6.42 Å². The molecule has 0 N–H and O–H groups in total. The van der Waals surface area contributed by atoms with Crippen LogP contribution >= 0.6 is 0 Å². The third-order valence-electron chi connectivity index (χ3n) is 5.18. The Morgan fingerprint density at radius 3 is 2.54 bits per heavy atom. The van der Waals surface area contributed by atoms with E-state index in [0.717, 1.165) is 38.6 Å². The fourth-order valence-corrected chi connectivity index (χ4v) is 3.59. The van der Waals surface area contributed by atoms with Gasteiger partial charge in [-0.05, 0) is 37.1 Å². The zero-order chi connectivity index (χ0) is 18.4. The van der Waals surface area contributed by atoms with E-state index in [-0.39, 0.29) is 23.7 Å². The molecule has 3 rings (SSSR count). The van der Waals surface area contributed by atoms with Crippen LogP contribution in [0.2, 0.25) is 0 Å². The smallest absolute Gasteiger partial charge is 0.224 e. The topological polar surface area (TPSA) is 49.9 Å². The molecule has 1 aromatic carbocycles. The Labute approximate surface area is 154 Å². The van der Waals surface area contributed by atoms with Gasteiger partial charge < -0.3 is 14.5 Å². The van der Waals surface area contributed by atoms with Gasteiger partial charge in [0.05, 0.1) is 0 Å². The molecule has 142 valence electrons. The van der Waals surface area contributed by atoms with Crippen molar-refractivity contribution in [2.45, 2.75) is 51.0 Å². The molecule has 0 unspecified atom stereocenters. The van der Waals surface area contributed by atoms with Crippen molar-refractivity contribution in [1.29, 1.82) is 0 Å². The molecule has 2 amide bonds. The molecular weight excluding hydrogens is 335 g/mol. The number of nitrogens with zero attached hydrogens (tertiary/aromatic N) is 2. The quantitative estimate of drug-likeness (QED) is 0.809. The van der Waals surface area contributed by atoms with Crippen molar-refractivity contribution in [3.63, 3.8) is 0 Å². The van der Waals surface area contributed by atoms with Crippen LogP contribution in [0, 0.1) is 5.82 Å². The molecule has 2 aliphatic heterocycles. The molecule has 2 heterocycles. The lowest BCUT2D eigenvalue weighted by Gasteiger charge is -2.32. The first-order valence-corrected chi connectivity index (χ1v) is 9.59. The number of hydrogen-bond acceptors (Lipinski definition) is 3. The van der Waals surface area contributed by atoms with Gasteiger partial charge in [-0.2, -0.15) is 0 Å². The Morgan fingerprint density at radius 1 is 1.08 bits per heavy atom. The van der Waals surface area contributed by atoms with Gasteiger partial charge in [-0.15, -0.1) is 0 Å². The van der Waals surface area contributed by atoms with Crippen molar-refractivity contribution < 1.29 is 18.7 Å². The van der Waals surface area contributed by atoms with E-state index in [4.69, 9.17) is 4.74 Å². The highest BCUT2D eigenvalue weighted by molar-refractivity contribution is 5.79. The highest BCUT2D eigenvalue weighted by atomic mass is 19.1. The molecule has 0 aromatic heterocycles. The van der Waals surface area contributed by atoms with E-state index in [1.807, 2.05) is 9.80 Å². The molecule has 2 fully saturated rings. The number of likely N-dealkylation sites (tertiary alicyclic amines) is 2. The Morgan fingerprint density at radius 2 is 1.81 bits per heavy atom. The van der Waals surface area contributed by atoms with E-state index in [9.17, 15) is 14.0 Å². The van der Waals surface area contributed by atoms with Gasteiger partial charge in [0.25, 0.3) is 0 Å². The molecule has 6 heteroatoms. The SMILES string of the molecule is O=C1CCCCCN1CCC(=O)N1CCC(Oc2ccc(F)cc2)CC1. The van der Waals surface area contributed by atoms with E-state index in [1.54, 1.807) is 12.1 Å². The summed E-state index contributed by atoms with van der Waals surface area (Å²) < 4.78 is 18.8. The number of amides is 2. The summed E-state index contributed by atoms with van der Waals surface area (Å²) in [7, 11) is 0. The van der Waals surface area contributed by atoms with Crippen LogP contribution in [0.5, 0.6) is 5.75 Å². The molecule has 0 saturated carbocycles. The molecule has 0 aliphatic carbocycles. The Kier molecular flexibility index (Phi) is 6.47. The van der Waals surface area contributed by atoms with Gasteiger partial charge in [0, 0.05) is 51.9 Å². The molecule has 1 aromatic rings. The van der Waals surface area contributed by atoms with Gasteiger partial charge in [-0.3, -0.25) is 9.59 Å². The minimum atomic E-state index is -0.277. The summed E-state index contributed by atoms with van der Waals surface area (Å²) in [5.41, 5.74) is 0. The van der Waals surface area contributed by atoms with Crippen LogP contribution in [-0.4, -0.2) is 53.9 Å². The van der Waals surface area contributed by atoms with Crippen molar-refractivity contribution in [2.24, 2.45) is 0 Å². The van der Waals surface area contributed by atoms with E-state index in [0.29, 0.717) is 38.2 Å². The molecule has 26 heavy (non-hydrogen) atoms. The average molecular weight is 362 g/mol. The number of ether oxygens (including phenoxy) is 1. The number of rotatable bonds is 5. The molecule has 2 aliphatic rings. The number of benzene rings is 1. The lowest BCUT2D eigenvalue weighted by atomic mass is 10.1.